The molecule has 1 amide bonds. The molecule has 0 saturated heterocycles. The van der Waals surface area contributed by atoms with Crippen molar-refractivity contribution in [2.75, 3.05) is 32.7 Å². The number of carbonyl (C=O) groups is 2. The van der Waals surface area contributed by atoms with E-state index in [0.717, 1.165) is 5.56 Å². The maximum Gasteiger partial charge on any atom is 0.339 e. The summed E-state index contributed by atoms with van der Waals surface area (Å²) in [6, 6.07) is 18.6. The first-order chi connectivity index (χ1) is 17.2. The summed E-state index contributed by atoms with van der Waals surface area (Å²) < 4.78 is 16.5. The van der Waals surface area contributed by atoms with Gasteiger partial charge in [-0.2, -0.15) is 0 Å². The topological polar surface area (TPSA) is 99.9 Å². The summed E-state index contributed by atoms with van der Waals surface area (Å²) in [5.41, 5.74) is 8.06. The number of nitrogens with one attached hydrogen (secondary N) is 1. The van der Waals surface area contributed by atoms with Crippen LogP contribution in [0.5, 0.6) is 11.5 Å². The molecule has 1 atom stereocenters. The summed E-state index contributed by atoms with van der Waals surface area (Å²) in [5, 5.41) is 2.99. The standard InChI is InChI=1S/C29H32N2O5/c1-28(2,3)19-11-14-24(36-16-15-30)23(17-19)29(18-9-12-20(34-4)13-10-18)22-8-6-7-21(26(32)35-5)25(22)31-27(29)33/h6-14,17H,15-16,30H2,1-5H3,(H,31,33). The molecule has 3 aromatic carbocycles. The zero-order valence-electron chi connectivity index (χ0n) is 21.3. The summed E-state index contributed by atoms with van der Waals surface area (Å²) in [6.45, 7) is 6.96. The van der Waals surface area contributed by atoms with Crippen LogP contribution in [-0.4, -0.2) is 39.2 Å². The Morgan fingerprint density at radius 2 is 1.72 bits per heavy atom. The number of fused-ring (bicyclic) bond motifs is 1. The van der Waals surface area contributed by atoms with Crippen LogP contribution < -0.4 is 20.5 Å². The largest absolute Gasteiger partial charge is 0.497 e. The summed E-state index contributed by atoms with van der Waals surface area (Å²) in [4.78, 5) is 26.8. The molecule has 0 radical (unpaired) electrons. The van der Waals surface area contributed by atoms with Gasteiger partial charge in [0.1, 0.15) is 23.5 Å². The molecule has 1 aliphatic heterocycles. The Kier molecular flexibility index (Phi) is 6.78. The minimum Gasteiger partial charge on any atom is -0.497 e. The lowest BCUT2D eigenvalue weighted by Gasteiger charge is -2.32. The van der Waals surface area contributed by atoms with Crippen LogP contribution in [0.3, 0.4) is 0 Å². The molecule has 3 N–H and O–H groups in total. The molecule has 1 unspecified atom stereocenters. The minimum atomic E-state index is -1.29. The molecule has 0 bridgehead atoms. The summed E-state index contributed by atoms with van der Waals surface area (Å²) in [7, 11) is 2.91. The van der Waals surface area contributed by atoms with Crippen molar-refractivity contribution in [1.82, 2.24) is 0 Å². The Morgan fingerprint density at radius 3 is 2.33 bits per heavy atom. The maximum atomic E-state index is 14.2. The van der Waals surface area contributed by atoms with Crippen LogP contribution in [0.25, 0.3) is 0 Å². The minimum absolute atomic E-state index is 0.186. The number of carbonyl (C=O) groups excluding carboxylic acids is 2. The molecule has 7 nitrogen and oxygen atoms in total. The van der Waals surface area contributed by atoms with Crippen molar-refractivity contribution in [3.63, 3.8) is 0 Å². The van der Waals surface area contributed by atoms with Crippen LogP contribution in [0.1, 0.15) is 53.4 Å². The van der Waals surface area contributed by atoms with Gasteiger partial charge >= 0.3 is 5.97 Å². The van der Waals surface area contributed by atoms with Gasteiger partial charge in [-0.3, -0.25) is 4.79 Å². The quantitative estimate of drug-likeness (QED) is 0.478. The normalized spacial score (nSPS) is 16.8. The number of esters is 1. The first-order valence-electron chi connectivity index (χ1n) is 11.8. The number of hydrogen-bond acceptors (Lipinski definition) is 6. The van der Waals surface area contributed by atoms with Crippen molar-refractivity contribution >= 4 is 17.6 Å². The predicted octanol–water partition coefficient (Wildman–Crippen LogP) is 4.40. The highest BCUT2D eigenvalue weighted by molar-refractivity contribution is 6.15. The Labute approximate surface area is 211 Å². The third-order valence-electron chi connectivity index (χ3n) is 6.60. The lowest BCUT2D eigenvalue weighted by molar-refractivity contribution is -0.118. The van der Waals surface area contributed by atoms with Crippen molar-refractivity contribution in [3.8, 4) is 11.5 Å². The van der Waals surface area contributed by atoms with E-state index in [2.05, 4.69) is 26.1 Å². The number of nitrogens with two attached hydrogens (primary N) is 1. The van der Waals surface area contributed by atoms with E-state index in [1.165, 1.54) is 7.11 Å². The van der Waals surface area contributed by atoms with Crippen LogP contribution in [0.15, 0.2) is 60.7 Å². The molecule has 0 aromatic heterocycles. The van der Waals surface area contributed by atoms with Crippen molar-refractivity contribution in [1.29, 1.82) is 0 Å². The van der Waals surface area contributed by atoms with Gasteiger partial charge in [-0.25, -0.2) is 4.79 Å². The van der Waals surface area contributed by atoms with Crippen molar-refractivity contribution in [2.24, 2.45) is 5.73 Å². The molecule has 0 saturated carbocycles. The molecule has 188 valence electrons. The molecule has 4 rings (SSSR count). The first-order valence-corrected chi connectivity index (χ1v) is 11.8. The van der Waals surface area contributed by atoms with E-state index < -0.39 is 11.4 Å². The predicted molar refractivity (Wildman–Crippen MR) is 139 cm³/mol. The van der Waals surface area contributed by atoms with Crippen LogP contribution >= 0.6 is 0 Å². The number of rotatable bonds is 7. The molecule has 3 aromatic rings. The first kappa shape index (κ1) is 25.3. The second-order valence-electron chi connectivity index (χ2n) is 9.75. The lowest BCUT2D eigenvalue weighted by Crippen LogP contribution is -2.38. The molecular formula is C29H32N2O5. The van der Waals surface area contributed by atoms with Crippen molar-refractivity contribution in [2.45, 2.75) is 31.6 Å². The van der Waals surface area contributed by atoms with Gasteiger partial charge in [0.25, 0.3) is 0 Å². The van der Waals surface area contributed by atoms with E-state index in [0.29, 0.717) is 40.4 Å². The van der Waals surface area contributed by atoms with Crippen LogP contribution in [-0.2, 0) is 20.4 Å². The van der Waals surface area contributed by atoms with Gasteiger partial charge in [-0.15, -0.1) is 0 Å². The molecular weight excluding hydrogens is 456 g/mol. The molecule has 1 heterocycles. The van der Waals surface area contributed by atoms with Crippen LogP contribution in [0.4, 0.5) is 5.69 Å². The summed E-state index contributed by atoms with van der Waals surface area (Å²) in [6.07, 6.45) is 0. The van der Waals surface area contributed by atoms with E-state index in [4.69, 9.17) is 19.9 Å². The molecule has 7 heteroatoms. The third kappa shape index (κ3) is 4.09. The fourth-order valence-electron chi connectivity index (χ4n) is 4.74. The van der Waals surface area contributed by atoms with Gasteiger partial charge in [0, 0.05) is 17.7 Å². The van der Waals surface area contributed by atoms with Gasteiger partial charge in [0.05, 0.1) is 25.5 Å². The van der Waals surface area contributed by atoms with Crippen LogP contribution in [0, 0.1) is 0 Å². The zero-order valence-corrected chi connectivity index (χ0v) is 21.3. The van der Waals surface area contributed by atoms with E-state index in [1.807, 2.05) is 48.5 Å². The average molecular weight is 489 g/mol. The number of benzene rings is 3. The molecule has 0 spiro atoms. The van der Waals surface area contributed by atoms with Gasteiger partial charge in [0.15, 0.2) is 0 Å². The van der Waals surface area contributed by atoms with E-state index in [1.54, 1.807) is 19.2 Å². The molecule has 0 fully saturated rings. The number of para-hydroxylation sites is 1. The van der Waals surface area contributed by atoms with E-state index >= 15 is 0 Å². The third-order valence-corrected chi connectivity index (χ3v) is 6.60. The molecule has 1 aliphatic rings. The van der Waals surface area contributed by atoms with E-state index in [9.17, 15) is 9.59 Å². The Balaban J connectivity index is 2.11. The van der Waals surface area contributed by atoms with E-state index in [-0.39, 0.29) is 23.5 Å². The van der Waals surface area contributed by atoms with Crippen LogP contribution in [0.2, 0.25) is 0 Å². The summed E-state index contributed by atoms with van der Waals surface area (Å²) >= 11 is 0. The lowest BCUT2D eigenvalue weighted by atomic mass is 9.68. The second kappa shape index (κ2) is 9.66. The molecule has 36 heavy (non-hydrogen) atoms. The van der Waals surface area contributed by atoms with Gasteiger partial charge in [0.2, 0.25) is 5.91 Å². The monoisotopic (exact) mass is 488 g/mol. The SMILES string of the molecule is COC(=O)c1cccc2c1NC(=O)C2(c1ccc(OC)cc1)c1cc(C(C)(C)C)ccc1OCCN. The number of methoxy groups -OCH3 is 2. The average Bonchev–Trinajstić information content (AvgIpc) is 3.18. The van der Waals surface area contributed by atoms with Gasteiger partial charge in [-0.05, 0) is 46.9 Å². The fraction of sp³-hybridized carbons (Fsp3) is 0.310. The highest BCUT2D eigenvalue weighted by atomic mass is 16.5. The van der Waals surface area contributed by atoms with Gasteiger partial charge < -0.3 is 25.3 Å². The number of amides is 1. The Bertz CT molecular complexity index is 1290. The van der Waals surface area contributed by atoms with Gasteiger partial charge in [-0.1, -0.05) is 51.1 Å². The van der Waals surface area contributed by atoms with Crippen molar-refractivity contribution in [3.05, 3.63) is 88.5 Å². The summed E-state index contributed by atoms with van der Waals surface area (Å²) in [5.74, 6) is 0.401. The number of hydrogen-bond donors (Lipinski definition) is 2. The van der Waals surface area contributed by atoms with Crippen molar-refractivity contribution < 1.29 is 23.8 Å². The maximum absolute atomic E-state index is 14.2. The second-order valence-corrected chi connectivity index (χ2v) is 9.75. The number of ether oxygens (including phenoxy) is 3. The Hall–Kier alpha value is -3.84. The smallest absolute Gasteiger partial charge is 0.339 e. The zero-order chi connectivity index (χ0) is 26.1. The number of anilines is 1. The molecule has 0 aliphatic carbocycles. The highest BCUT2D eigenvalue weighted by Crippen LogP contribution is 2.52. The highest BCUT2D eigenvalue weighted by Gasteiger charge is 2.52. The Morgan fingerprint density at radius 1 is 1.00 bits per heavy atom. The fourth-order valence-corrected chi connectivity index (χ4v) is 4.74.